The van der Waals surface area contributed by atoms with Gasteiger partial charge in [0.1, 0.15) is 5.75 Å². The van der Waals surface area contributed by atoms with Crippen LogP contribution < -0.4 is 20.9 Å². The molecule has 0 aliphatic rings. The van der Waals surface area contributed by atoms with Crippen molar-refractivity contribution in [2.24, 2.45) is 0 Å². The fraction of sp³-hybridized carbons (Fsp3) is 0.286. The molecule has 0 saturated heterocycles. The normalized spacial score (nSPS) is 11.6. The Morgan fingerprint density at radius 2 is 2.00 bits per heavy atom. The van der Waals surface area contributed by atoms with Crippen molar-refractivity contribution in [3.05, 3.63) is 72.3 Å². The first kappa shape index (κ1) is 19.7. The molecule has 0 radical (unpaired) electrons. The summed E-state index contributed by atoms with van der Waals surface area (Å²) in [5.41, 5.74) is 8.77. The summed E-state index contributed by atoms with van der Waals surface area (Å²) in [6, 6.07) is 15.1. The van der Waals surface area contributed by atoms with Crippen LogP contribution >= 0.6 is 0 Å². The standard InChI is InChI=1S/C21H27N3O2/c1-4-5-6-10-20(24-22-2)17-8-7-9-18(15-17)23-21(25)16-11-13-19(26-3)14-12-16/h4,7-9,11-15,20,22,24H,1,5-6,10H2,2-3H3,(H,23,25). The summed E-state index contributed by atoms with van der Waals surface area (Å²) in [5.74, 6) is 0.582. The molecule has 0 fully saturated rings. The number of hydrazine groups is 1. The fourth-order valence-corrected chi connectivity index (χ4v) is 2.74. The zero-order valence-electron chi connectivity index (χ0n) is 15.4. The van der Waals surface area contributed by atoms with Crippen LogP contribution in [-0.4, -0.2) is 20.1 Å². The Bertz CT molecular complexity index is 713. The molecule has 138 valence electrons. The molecule has 2 aromatic rings. The molecule has 2 aromatic carbocycles. The SMILES string of the molecule is C=CCCCC(NNC)c1cccc(NC(=O)c2ccc(OC)cc2)c1. The zero-order chi connectivity index (χ0) is 18.8. The highest BCUT2D eigenvalue weighted by Gasteiger charge is 2.12. The molecule has 5 heteroatoms. The third kappa shape index (κ3) is 5.72. The van der Waals surface area contributed by atoms with Crippen LogP contribution in [0.25, 0.3) is 0 Å². The maximum absolute atomic E-state index is 12.4. The summed E-state index contributed by atoms with van der Waals surface area (Å²) in [7, 11) is 3.46. The van der Waals surface area contributed by atoms with Gasteiger partial charge >= 0.3 is 0 Å². The number of nitrogens with one attached hydrogen (secondary N) is 3. The molecule has 3 N–H and O–H groups in total. The third-order valence-electron chi connectivity index (χ3n) is 4.12. The Morgan fingerprint density at radius 1 is 1.23 bits per heavy atom. The second-order valence-corrected chi connectivity index (χ2v) is 5.97. The van der Waals surface area contributed by atoms with E-state index in [2.05, 4.69) is 28.8 Å². The van der Waals surface area contributed by atoms with E-state index < -0.39 is 0 Å². The van der Waals surface area contributed by atoms with E-state index in [0.29, 0.717) is 5.56 Å². The van der Waals surface area contributed by atoms with Crippen LogP contribution in [0.5, 0.6) is 5.75 Å². The minimum atomic E-state index is -0.144. The first-order chi connectivity index (χ1) is 12.7. The Kier molecular flexibility index (Phi) is 7.86. The summed E-state index contributed by atoms with van der Waals surface area (Å²) in [6.45, 7) is 3.77. The van der Waals surface area contributed by atoms with Gasteiger partial charge in [0.15, 0.2) is 0 Å². The monoisotopic (exact) mass is 353 g/mol. The number of carbonyl (C=O) groups excluding carboxylic acids is 1. The average Bonchev–Trinajstić information content (AvgIpc) is 2.67. The molecule has 2 rings (SSSR count). The van der Waals surface area contributed by atoms with E-state index in [4.69, 9.17) is 4.74 Å². The molecule has 0 aliphatic carbocycles. The first-order valence-corrected chi connectivity index (χ1v) is 8.76. The van der Waals surface area contributed by atoms with Crippen molar-refractivity contribution in [1.29, 1.82) is 0 Å². The van der Waals surface area contributed by atoms with E-state index in [1.54, 1.807) is 31.4 Å². The molecule has 0 bridgehead atoms. The van der Waals surface area contributed by atoms with Crippen molar-refractivity contribution in [3.63, 3.8) is 0 Å². The second kappa shape index (κ2) is 10.4. The first-order valence-electron chi connectivity index (χ1n) is 8.76. The summed E-state index contributed by atoms with van der Waals surface area (Å²) in [4.78, 5) is 12.4. The number of ether oxygens (including phenoxy) is 1. The minimum Gasteiger partial charge on any atom is -0.497 e. The number of rotatable bonds is 10. The highest BCUT2D eigenvalue weighted by Crippen LogP contribution is 2.22. The van der Waals surface area contributed by atoms with Gasteiger partial charge in [0.25, 0.3) is 5.91 Å². The molecular weight excluding hydrogens is 326 g/mol. The number of amides is 1. The van der Waals surface area contributed by atoms with Crippen LogP contribution in [0.1, 0.15) is 41.2 Å². The van der Waals surface area contributed by atoms with E-state index in [1.807, 2.05) is 31.3 Å². The van der Waals surface area contributed by atoms with Gasteiger partial charge in [-0.3, -0.25) is 15.6 Å². The van der Waals surface area contributed by atoms with Crippen molar-refractivity contribution in [2.75, 3.05) is 19.5 Å². The van der Waals surface area contributed by atoms with Gasteiger partial charge in [0.05, 0.1) is 7.11 Å². The molecule has 5 nitrogen and oxygen atoms in total. The zero-order valence-corrected chi connectivity index (χ0v) is 15.4. The maximum atomic E-state index is 12.4. The van der Waals surface area contributed by atoms with E-state index in [9.17, 15) is 4.79 Å². The molecule has 0 heterocycles. The van der Waals surface area contributed by atoms with Gasteiger partial charge in [0.2, 0.25) is 0 Å². The topological polar surface area (TPSA) is 62.4 Å². The number of hydrogen-bond donors (Lipinski definition) is 3. The number of methoxy groups -OCH3 is 1. The summed E-state index contributed by atoms with van der Waals surface area (Å²) < 4.78 is 5.12. The fourth-order valence-electron chi connectivity index (χ4n) is 2.74. The van der Waals surface area contributed by atoms with E-state index in [1.165, 1.54) is 0 Å². The third-order valence-corrected chi connectivity index (χ3v) is 4.12. The summed E-state index contributed by atoms with van der Waals surface area (Å²) in [6.07, 6.45) is 4.94. The minimum absolute atomic E-state index is 0.144. The van der Waals surface area contributed by atoms with Gasteiger partial charge in [-0.2, -0.15) is 0 Å². The van der Waals surface area contributed by atoms with Crippen LogP contribution in [0.4, 0.5) is 5.69 Å². The lowest BCUT2D eigenvalue weighted by Crippen LogP contribution is -2.32. The Morgan fingerprint density at radius 3 is 2.65 bits per heavy atom. The lowest BCUT2D eigenvalue weighted by Gasteiger charge is -2.19. The number of unbranched alkanes of at least 4 members (excludes halogenated alkanes) is 1. The van der Waals surface area contributed by atoms with E-state index >= 15 is 0 Å². The number of carbonyl (C=O) groups is 1. The van der Waals surface area contributed by atoms with Gasteiger partial charge in [-0.05, 0) is 68.3 Å². The number of benzene rings is 2. The van der Waals surface area contributed by atoms with Gasteiger partial charge in [-0.25, -0.2) is 0 Å². The highest BCUT2D eigenvalue weighted by atomic mass is 16.5. The van der Waals surface area contributed by atoms with Crippen LogP contribution in [0.2, 0.25) is 0 Å². The number of anilines is 1. The summed E-state index contributed by atoms with van der Waals surface area (Å²) in [5, 5.41) is 2.96. The average molecular weight is 353 g/mol. The smallest absolute Gasteiger partial charge is 0.255 e. The Hall–Kier alpha value is -2.63. The van der Waals surface area contributed by atoms with Crippen molar-refractivity contribution < 1.29 is 9.53 Å². The van der Waals surface area contributed by atoms with Crippen molar-refractivity contribution in [2.45, 2.75) is 25.3 Å². The molecule has 1 amide bonds. The Labute approximate surface area is 155 Å². The lowest BCUT2D eigenvalue weighted by molar-refractivity contribution is 0.102. The molecule has 0 aromatic heterocycles. The van der Waals surface area contributed by atoms with Gasteiger partial charge in [0, 0.05) is 17.3 Å². The summed E-state index contributed by atoms with van der Waals surface area (Å²) >= 11 is 0. The van der Waals surface area contributed by atoms with Crippen LogP contribution in [-0.2, 0) is 0 Å². The van der Waals surface area contributed by atoms with Crippen LogP contribution in [0.15, 0.2) is 61.2 Å². The van der Waals surface area contributed by atoms with E-state index in [-0.39, 0.29) is 11.9 Å². The molecular formula is C21H27N3O2. The van der Waals surface area contributed by atoms with Gasteiger partial charge in [-0.15, -0.1) is 6.58 Å². The number of hydrogen-bond acceptors (Lipinski definition) is 4. The van der Waals surface area contributed by atoms with Crippen molar-refractivity contribution in [3.8, 4) is 5.75 Å². The van der Waals surface area contributed by atoms with Crippen LogP contribution in [0.3, 0.4) is 0 Å². The molecule has 0 saturated carbocycles. The lowest BCUT2D eigenvalue weighted by atomic mass is 10.0. The highest BCUT2D eigenvalue weighted by molar-refractivity contribution is 6.04. The molecule has 0 aliphatic heterocycles. The molecule has 26 heavy (non-hydrogen) atoms. The predicted molar refractivity (Wildman–Crippen MR) is 106 cm³/mol. The van der Waals surface area contributed by atoms with E-state index in [0.717, 1.165) is 36.3 Å². The van der Waals surface area contributed by atoms with Crippen molar-refractivity contribution >= 4 is 11.6 Å². The molecule has 0 spiro atoms. The molecule has 1 unspecified atom stereocenters. The molecule has 1 atom stereocenters. The predicted octanol–water partition coefficient (Wildman–Crippen LogP) is 4.07. The van der Waals surface area contributed by atoms with Crippen LogP contribution in [0, 0.1) is 0 Å². The Balaban J connectivity index is 2.08. The number of allylic oxidation sites excluding steroid dienone is 1. The largest absolute Gasteiger partial charge is 0.497 e. The second-order valence-electron chi connectivity index (χ2n) is 5.97. The van der Waals surface area contributed by atoms with Gasteiger partial charge in [-0.1, -0.05) is 18.2 Å². The quantitative estimate of drug-likeness (QED) is 0.342. The maximum Gasteiger partial charge on any atom is 0.255 e. The van der Waals surface area contributed by atoms with Gasteiger partial charge < -0.3 is 10.1 Å². The van der Waals surface area contributed by atoms with Crippen molar-refractivity contribution in [1.82, 2.24) is 10.9 Å².